The van der Waals surface area contributed by atoms with Crippen LogP contribution in [0.2, 0.25) is 0 Å². The van der Waals surface area contributed by atoms with E-state index in [0.29, 0.717) is 40.5 Å². The average Bonchev–Trinajstić information content (AvgIpc) is 3.70. The lowest BCUT2D eigenvalue weighted by molar-refractivity contribution is -0.250. The highest BCUT2D eigenvalue weighted by Crippen LogP contribution is 2.89. The number of fused-ring (bicyclic) bond motifs is 4. The highest BCUT2D eigenvalue weighted by atomic mass is 16.7. The van der Waals surface area contributed by atoms with Gasteiger partial charge in [0, 0.05) is 51.2 Å². The number of morpholine rings is 1. The summed E-state index contributed by atoms with van der Waals surface area (Å²) < 4.78 is 32.1. The number of hydrogen-bond acceptors (Lipinski definition) is 9. The first-order valence-corrected chi connectivity index (χ1v) is 22.8. The van der Waals surface area contributed by atoms with E-state index in [2.05, 4.69) is 58.3 Å². The maximum atomic E-state index is 13.0. The number of rotatable bonds is 8. The van der Waals surface area contributed by atoms with E-state index >= 15 is 0 Å². The van der Waals surface area contributed by atoms with Crippen LogP contribution in [0.25, 0.3) is 0 Å². The van der Waals surface area contributed by atoms with Gasteiger partial charge in [-0.3, -0.25) is 9.80 Å². The zero-order valence-corrected chi connectivity index (χ0v) is 35.2. The Labute approximate surface area is 331 Å². The smallest absolute Gasteiger partial charge is 0.410 e. The van der Waals surface area contributed by atoms with E-state index in [-0.39, 0.29) is 59.0 Å². The van der Waals surface area contributed by atoms with Gasteiger partial charge in [-0.2, -0.15) is 0 Å². The van der Waals surface area contributed by atoms with Crippen molar-refractivity contribution in [2.45, 2.75) is 149 Å². The Morgan fingerprint density at radius 2 is 1.69 bits per heavy atom. The topological polar surface area (TPSA) is 93.2 Å². The Morgan fingerprint density at radius 1 is 0.945 bits per heavy atom. The molecule has 10 fully saturated rings. The number of carbonyl (C=O) groups excluding carboxylic acids is 1. The van der Waals surface area contributed by atoms with Crippen LogP contribution >= 0.6 is 0 Å². The van der Waals surface area contributed by atoms with Crippen molar-refractivity contribution in [3.8, 4) is 0 Å². The van der Waals surface area contributed by atoms with Crippen LogP contribution in [-0.4, -0.2) is 134 Å². The van der Waals surface area contributed by atoms with E-state index in [9.17, 15) is 9.90 Å². The van der Waals surface area contributed by atoms with Crippen LogP contribution in [0.5, 0.6) is 0 Å². The molecule has 55 heavy (non-hydrogen) atoms. The third kappa shape index (κ3) is 5.45. The van der Waals surface area contributed by atoms with Gasteiger partial charge in [0.2, 0.25) is 0 Å². The van der Waals surface area contributed by atoms with Gasteiger partial charge in [-0.15, -0.1) is 0 Å². The number of likely N-dealkylation sites (tertiary alicyclic amines) is 2. The first kappa shape index (κ1) is 38.2. The molecule has 2 spiro atoms. The number of hydrogen-bond donors (Lipinski definition) is 1. The summed E-state index contributed by atoms with van der Waals surface area (Å²) in [5.74, 6) is 2.73. The van der Waals surface area contributed by atoms with Crippen molar-refractivity contribution in [2.75, 3.05) is 65.6 Å². The lowest BCUT2D eigenvalue weighted by Gasteiger charge is -2.64. The largest absolute Gasteiger partial charge is 0.443 e. The molecule has 10 aliphatic rings. The number of ether oxygens (including phenoxy) is 5. The summed E-state index contributed by atoms with van der Waals surface area (Å²) in [6.07, 6.45) is 9.09. The van der Waals surface area contributed by atoms with Crippen LogP contribution < -0.4 is 0 Å². The molecule has 5 aliphatic heterocycles. The molecule has 5 heterocycles. The Bertz CT molecular complexity index is 1480. The minimum atomic E-state index is -0.516. The fourth-order valence-electron chi connectivity index (χ4n) is 16.0. The summed E-state index contributed by atoms with van der Waals surface area (Å²) in [5, 5.41) is 12.8. The summed E-state index contributed by atoms with van der Waals surface area (Å²) in [5.41, 5.74) is 0.531. The van der Waals surface area contributed by atoms with Crippen LogP contribution in [0, 0.1) is 62.6 Å². The highest BCUT2D eigenvalue weighted by Gasteiger charge is 2.84. The molecule has 0 bridgehead atoms. The molecular weight excluding hydrogens is 695 g/mol. The number of aliphatic hydroxyl groups excluding tert-OH is 1. The second-order valence-electron chi connectivity index (χ2n) is 22.2. The van der Waals surface area contributed by atoms with Crippen molar-refractivity contribution in [1.82, 2.24) is 14.7 Å². The lowest BCUT2D eigenvalue weighted by atomic mass is 9.41. The van der Waals surface area contributed by atoms with Gasteiger partial charge >= 0.3 is 6.09 Å². The van der Waals surface area contributed by atoms with Gasteiger partial charge in [0.25, 0.3) is 0 Å². The van der Waals surface area contributed by atoms with E-state index in [1.807, 2.05) is 0 Å². The Morgan fingerprint density at radius 3 is 2.38 bits per heavy atom. The molecule has 0 aromatic heterocycles. The summed E-state index contributed by atoms with van der Waals surface area (Å²) in [4.78, 5) is 20.0. The molecule has 10 nitrogen and oxygen atoms in total. The van der Waals surface area contributed by atoms with Crippen LogP contribution in [-0.2, 0) is 23.7 Å². The monoisotopic (exact) mass is 768 g/mol. The standard InChI is InChI=1S/C45H73N3O7/c1-27(2)37(55-40(50)47-15-8-16-47)31-19-28(3)36-38(53-31)39(49)43(7)33-10-9-32-41(4,5)34(11-12-44(32)26-45(33,44)14-13-42(36,43)6)54-35-23-46(17-18-52-35)20-29-21-48(22-29)30-24-51-25-30/h27-39,49H,8-26H2,1-7H3/t28-,31-,32+,33+,34?,35+,36+,37-,38+,39+,42-,43-,44-,45+/m1/s1. The lowest BCUT2D eigenvalue weighted by Crippen LogP contribution is -2.62. The molecule has 0 aromatic carbocycles. The van der Waals surface area contributed by atoms with Crippen molar-refractivity contribution in [2.24, 2.45) is 62.6 Å². The minimum Gasteiger partial charge on any atom is -0.443 e. The van der Waals surface area contributed by atoms with Crippen molar-refractivity contribution in [3.63, 3.8) is 0 Å². The Hall–Kier alpha value is -1.01. The van der Waals surface area contributed by atoms with E-state index in [4.69, 9.17) is 23.7 Å². The second-order valence-corrected chi connectivity index (χ2v) is 22.2. The first-order valence-electron chi connectivity index (χ1n) is 22.8. The van der Waals surface area contributed by atoms with Crippen LogP contribution in [0.3, 0.4) is 0 Å². The van der Waals surface area contributed by atoms with Crippen molar-refractivity contribution in [1.29, 1.82) is 0 Å². The molecule has 1 N–H and O–H groups in total. The van der Waals surface area contributed by atoms with Gasteiger partial charge in [0.05, 0.1) is 50.3 Å². The third-order valence-corrected chi connectivity index (χ3v) is 19.2. The molecule has 5 saturated carbocycles. The predicted octanol–water partition coefficient (Wildman–Crippen LogP) is 6.04. The molecule has 5 aliphatic carbocycles. The number of carbonyl (C=O) groups is 1. The van der Waals surface area contributed by atoms with Gasteiger partial charge in [0.15, 0.2) is 6.29 Å². The van der Waals surface area contributed by atoms with Gasteiger partial charge in [-0.1, -0.05) is 48.5 Å². The molecule has 1 amide bonds. The quantitative estimate of drug-likeness (QED) is 0.318. The average molecular weight is 768 g/mol. The van der Waals surface area contributed by atoms with Gasteiger partial charge in [-0.05, 0) is 115 Å². The molecule has 14 atom stereocenters. The van der Waals surface area contributed by atoms with Crippen LogP contribution in [0.4, 0.5) is 4.79 Å². The fraction of sp³-hybridized carbons (Fsp3) is 0.978. The van der Waals surface area contributed by atoms with Crippen LogP contribution in [0.1, 0.15) is 106 Å². The number of nitrogens with zero attached hydrogens (tertiary/aromatic N) is 3. The zero-order chi connectivity index (χ0) is 38.3. The zero-order valence-electron chi connectivity index (χ0n) is 35.2. The predicted molar refractivity (Wildman–Crippen MR) is 208 cm³/mol. The van der Waals surface area contributed by atoms with Gasteiger partial charge in [-0.25, -0.2) is 4.79 Å². The Balaban J connectivity index is 0.821. The van der Waals surface area contributed by atoms with E-state index < -0.39 is 6.10 Å². The second kappa shape index (κ2) is 13.2. The normalized spacial score (nSPS) is 50.0. The third-order valence-electron chi connectivity index (χ3n) is 19.2. The molecular formula is C45H73N3O7. The van der Waals surface area contributed by atoms with Crippen LogP contribution in [0.15, 0.2) is 0 Å². The summed E-state index contributed by atoms with van der Waals surface area (Å²) in [7, 11) is 0. The molecule has 0 aromatic rings. The summed E-state index contributed by atoms with van der Waals surface area (Å²) in [6, 6.07) is 0.658. The molecule has 310 valence electrons. The molecule has 10 heteroatoms. The maximum Gasteiger partial charge on any atom is 0.410 e. The number of amides is 1. The SMILES string of the molecule is CC(C)[C@@H](OC(=O)N1CCC1)[C@H]1C[C@@H](C)[C@H]2[C@H](O1)[C@H](O)[C@@]1(C)[C@@H]3CC[C@H]4C(C)(C)C(O[C@H]5CN(CC6CN(C7COC7)C6)CCO5)CC[C@@]45C[C@@]35CC[C@]21C. The van der Waals surface area contributed by atoms with E-state index in [1.165, 1.54) is 51.6 Å². The Kier molecular flexibility index (Phi) is 9.20. The number of aliphatic hydroxyl groups is 1. The van der Waals surface area contributed by atoms with Gasteiger partial charge in [0.1, 0.15) is 6.10 Å². The van der Waals surface area contributed by atoms with Crippen molar-refractivity contribution >= 4 is 6.09 Å². The van der Waals surface area contributed by atoms with Gasteiger partial charge < -0.3 is 33.7 Å². The summed E-state index contributed by atoms with van der Waals surface area (Å²) in [6.45, 7) is 26.4. The first-order chi connectivity index (χ1) is 26.2. The molecule has 5 saturated heterocycles. The minimum absolute atomic E-state index is 0.0129. The fourth-order valence-corrected chi connectivity index (χ4v) is 16.0. The summed E-state index contributed by atoms with van der Waals surface area (Å²) >= 11 is 0. The highest BCUT2D eigenvalue weighted by molar-refractivity contribution is 5.68. The van der Waals surface area contributed by atoms with Crippen molar-refractivity contribution in [3.05, 3.63) is 0 Å². The van der Waals surface area contributed by atoms with Crippen molar-refractivity contribution < 1.29 is 33.6 Å². The molecule has 10 rings (SSSR count). The van der Waals surface area contributed by atoms with E-state index in [0.717, 1.165) is 77.7 Å². The molecule has 1 unspecified atom stereocenters. The maximum absolute atomic E-state index is 13.0. The van der Waals surface area contributed by atoms with E-state index in [1.54, 1.807) is 4.90 Å². The molecule has 0 radical (unpaired) electrons.